The number of pyridine rings is 1. The summed E-state index contributed by atoms with van der Waals surface area (Å²) in [5, 5.41) is 0. The first-order chi connectivity index (χ1) is 10.9. The van der Waals surface area contributed by atoms with E-state index in [1.54, 1.807) is 0 Å². The summed E-state index contributed by atoms with van der Waals surface area (Å²) in [4.78, 5) is 4.06. The molecule has 1 aromatic heterocycles. The van der Waals surface area contributed by atoms with Crippen molar-refractivity contribution >= 4 is 0 Å². The minimum Gasteiger partial charge on any atom is -0.265 e. The van der Waals surface area contributed by atoms with Crippen molar-refractivity contribution in [3.8, 4) is 22.3 Å². The van der Waals surface area contributed by atoms with Gasteiger partial charge in [0.2, 0.25) is 0 Å². The highest BCUT2D eigenvalue weighted by Crippen LogP contribution is 2.25. The molecule has 108 valence electrons. The van der Waals surface area contributed by atoms with Gasteiger partial charge < -0.3 is 0 Å². The summed E-state index contributed by atoms with van der Waals surface area (Å²) in [6.45, 7) is 3.77. The number of rotatable bonds is 5. The van der Waals surface area contributed by atoms with Crippen molar-refractivity contribution in [1.82, 2.24) is 4.98 Å². The third-order valence-electron chi connectivity index (χ3n) is 3.82. The second-order valence-electron chi connectivity index (χ2n) is 5.34. The maximum absolute atomic E-state index is 4.06. The van der Waals surface area contributed by atoms with Crippen LogP contribution in [0, 0.1) is 0 Å². The first-order valence-corrected chi connectivity index (χ1v) is 7.57. The van der Waals surface area contributed by atoms with Crippen LogP contribution in [0.1, 0.15) is 12.0 Å². The number of aryl methyl sites for hydroxylation is 1. The smallest absolute Gasteiger partial charge is 0.0273 e. The van der Waals surface area contributed by atoms with Gasteiger partial charge in [-0.1, -0.05) is 54.6 Å². The topological polar surface area (TPSA) is 12.9 Å². The first-order valence-electron chi connectivity index (χ1n) is 7.57. The molecule has 1 heterocycles. The minimum absolute atomic E-state index is 1.03. The molecule has 0 N–H and O–H groups in total. The van der Waals surface area contributed by atoms with E-state index in [2.05, 4.69) is 60.1 Å². The lowest BCUT2D eigenvalue weighted by molar-refractivity contribution is 1.00. The summed E-state index contributed by atoms with van der Waals surface area (Å²) in [6, 6.07) is 21.5. The van der Waals surface area contributed by atoms with E-state index in [4.69, 9.17) is 0 Å². The number of benzene rings is 2. The van der Waals surface area contributed by atoms with Crippen LogP contribution in [0.5, 0.6) is 0 Å². The minimum atomic E-state index is 1.03. The lowest BCUT2D eigenvalue weighted by atomic mass is 9.99. The highest BCUT2D eigenvalue weighted by molar-refractivity contribution is 5.70. The molecule has 0 spiro atoms. The van der Waals surface area contributed by atoms with Crippen LogP contribution in [0.4, 0.5) is 0 Å². The molecule has 0 amide bonds. The Hall–Kier alpha value is -2.67. The summed E-state index contributed by atoms with van der Waals surface area (Å²) in [7, 11) is 0. The molecule has 0 aliphatic rings. The van der Waals surface area contributed by atoms with Gasteiger partial charge in [-0.2, -0.15) is 0 Å². The predicted octanol–water partition coefficient (Wildman–Crippen LogP) is 5.53. The lowest BCUT2D eigenvalue weighted by Crippen LogP contribution is -1.84. The molecular weight excluding hydrogens is 266 g/mol. The molecule has 3 rings (SSSR count). The van der Waals surface area contributed by atoms with Crippen molar-refractivity contribution in [2.75, 3.05) is 0 Å². The second-order valence-corrected chi connectivity index (χ2v) is 5.34. The molecule has 22 heavy (non-hydrogen) atoms. The van der Waals surface area contributed by atoms with E-state index in [1.807, 2.05) is 30.6 Å². The van der Waals surface area contributed by atoms with E-state index in [1.165, 1.54) is 27.8 Å². The van der Waals surface area contributed by atoms with Gasteiger partial charge in [-0.25, -0.2) is 0 Å². The van der Waals surface area contributed by atoms with E-state index in [9.17, 15) is 0 Å². The molecule has 0 radical (unpaired) electrons. The normalized spacial score (nSPS) is 10.4. The Morgan fingerprint density at radius 2 is 1.14 bits per heavy atom. The average Bonchev–Trinajstić information content (AvgIpc) is 2.61. The molecular formula is C21H19N. The summed E-state index contributed by atoms with van der Waals surface area (Å²) in [6.07, 6.45) is 7.70. The van der Waals surface area contributed by atoms with Gasteiger partial charge in [0.15, 0.2) is 0 Å². The molecule has 0 unspecified atom stereocenters. The number of allylic oxidation sites excluding steroid dienone is 1. The number of aromatic nitrogens is 1. The van der Waals surface area contributed by atoms with Crippen LogP contribution < -0.4 is 0 Å². The van der Waals surface area contributed by atoms with Crippen molar-refractivity contribution in [1.29, 1.82) is 0 Å². The zero-order valence-corrected chi connectivity index (χ0v) is 12.6. The zero-order valence-electron chi connectivity index (χ0n) is 12.6. The van der Waals surface area contributed by atoms with E-state index in [0.717, 1.165) is 12.8 Å². The molecule has 1 nitrogen and oxygen atoms in total. The van der Waals surface area contributed by atoms with Crippen LogP contribution in [0.15, 0.2) is 85.7 Å². The van der Waals surface area contributed by atoms with E-state index in [-0.39, 0.29) is 0 Å². The van der Waals surface area contributed by atoms with Gasteiger partial charge in [-0.05, 0) is 52.8 Å². The molecule has 0 atom stereocenters. The fourth-order valence-corrected chi connectivity index (χ4v) is 2.53. The monoisotopic (exact) mass is 285 g/mol. The Morgan fingerprint density at radius 1 is 0.682 bits per heavy atom. The van der Waals surface area contributed by atoms with Gasteiger partial charge in [-0.15, -0.1) is 6.58 Å². The number of nitrogens with zero attached hydrogens (tertiary/aromatic N) is 1. The second kappa shape index (κ2) is 6.86. The molecule has 3 aromatic rings. The van der Waals surface area contributed by atoms with Gasteiger partial charge in [0.25, 0.3) is 0 Å². The van der Waals surface area contributed by atoms with Crippen LogP contribution in [0.2, 0.25) is 0 Å². The van der Waals surface area contributed by atoms with Crippen LogP contribution >= 0.6 is 0 Å². The molecule has 0 saturated carbocycles. The molecule has 0 fully saturated rings. The average molecular weight is 285 g/mol. The van der Waals surface area contributed by atoms with Crippen molar-refractivity contribution < 1.29 is 0 Å². The Bertz CT molecular complexity index is 725. The van der Waals surface area contributed by atoms with Crippen molar-refractivity contribution in [2.45, 2.75) is 12.8 Å². The molecule has 0 saturated heterocycles. The maximum atomic E-state index is 4.06. The first kappa shape index (κ1) is 14.3. The van der Waals surface area contributed by atoms with Crippen LogP contribution in [0.25, 0.3) is 22.3 Å². The predicted molar refractivity (Wildman–Crippen MR) is 93.6 cm³/mol. The molecule has 0 aliphatic heterocycles. The van der Waals surface area contributed by atoms with Crippen LogP contribution in [-0.2, 0) is 6.42 Å². The SMILES string of the molecule is C=CCCc1ccc(-c2ccc(-c3ccncc3)cc2)cc1. The molecule has 0 aliphatic carbocycles. The Kier molecular flexibility index (Phi) is 4.45. The lowest BCUT2D eigenvalue weighted by Gasteiger charge is -2.06. The number of hydrogen-bond acceptors (Lipinski definition) is 1. The largest absolute Gasteiger partial charge is 0.265 e. The van der Waals surface area contributed by atoms with Crippen LogP contribution in [-0.4, -0.2) is 4.98 Å². The third-order valence-corrected chi connectivity index (χ3v) is 3.82. The fraction of sp³-hybridized carbons (Fsp3) is 0.0952. The summed E-state index contributed by atoms with van der Waals surface area (Å²) < 4.78 is 0. The summed E-state index contributed by atoms with van der Waals surface area (Å²) in [5.41, 5.74) is 6.27. The van der Waals surface area contributed by atoms with Gasteiger partial charge in [0.05, 0.1) is 0 Å². The van der Waals surface area contributed by atoms with Gasteiger partial charge in [-0.3, -0.25) is 4.98 Å². The van der Waals surface area contributed by atoms with Crippen molar-refractivity contribution in [2.24, 2.45) is 0 Å². The highest BCUT2D eigenvalue weighted by Gasteiger charge is 2.00. The Balaban J connectivity index is 1.79. The highest BCUT2D eigenvalue weighted by atomic mass is 14.6. The van der Waals surface area contributed by atoms with E-state index >= 15 is 0 Å². The third kappa shape index (κ3) is 3.32. The van der Waals surface area contributed by atoms with Crippen LogP contribution in [0.3, 0.4) is 0 Å². The number of hydrogen-bond donors (Lipinski definition) is 0. The zero-order chi connectivity index (χ0) is 15.2. The molecule has 0 bridgehead atoms. The van der Waals surface area contributed by atoms with Crippen molar-refractivity contribution in [3.63, 3.8) is 0 Å². The molecule has 2 aromatic carbocycles. The standard InChI is InChI=1S/C21H19N/c1-2-3-4-17-5-7-18(8-6-17)19-9-11-20(12-10-19)21-13-15-22-16-14-21/h2,5-16H,1,3-4H2. The van der Waals surface area contributed by atoms with E-state index < -0.39 is 0 Å². The summed E-state index contributed by atoms with van der Waals surface area (Å²) >= 11 is 0. The van der Waals surface area contributed by atoms with Gasteiger partial charge in [0.1, 0.15) is 0 Å². The van der Waals surface area contributed by atoms with Gasteiger partial charge >= 0.3 is 0 Å². The quantitative estimate of drug-likeness (QED) is 0.561. The van der Waals surface area contributed by atoms with Crippen molar-refractivity contribution in [3.05, 3.63) is 91.3 Å². The molecule has 1 heteroatoms. The summed E-state index contributed by atoms with van der Waals surface area (Å²) in [5.74, 6) is 0. The maximum Gasteiger partial charge on any atom is 0.0273 e. The fourth-order valence-electron chi connectivity index (χ4n) is 2.53. The van der Waals surface area contributed by atoms with Gasteiger partial charge in [0, 0.05) is 12.4 Å². The Labute approximate surface area is 132 Å². The Morgan fingerprint density at radius 3 is 1.64 bits per heavy atom. The van der Waals surface area contributed by atoms with E-state index in [0.29, 0.717) is 0 Å².